The smallest absolute Gasteiger partial charge is 0.404 e. The van der Waals surface area contributed by atoms with Crippen molar-refractivity contribution in [1.29, 1.82) is 0 Å². The van der Waals surface area contributed by atoms with Crippen LogP contribution in [0.25, 0.3) is 11.5 Å². The Morgan fingerprint density at radius 3 is 2.95 bits per heavy atom. The van der Waals surface area contributed by atoms with Crippen molar-refractivity contribution >= 4 is 17.7 Å². The summed E-state index contributed by atoms with van der Waals surface area (Å²) in [5.41, 5.74) is 0.668. The van der Waals surface area contributed by atoms with Crippen molar-refractivity contribution < 1.29 is 19.1 Å². The molecule has 0 radical (unpaired) electrons. The molecule has 20 heavy (non-hydrogen) atoms. The van der Waals surface area contributed by atoms with Crippen molar-refractivity contribution in [2.24, 2.45) is 0 Å². The number of pyridine rings is 1. The third-order valence-corrected chi connectivity index (χ3v) is 2.53. The number of ether oxygens (including phenoxy) is 1. The number of nitrogens with zero attached hydrogens (tertiary/aromatic N) is 2. The molecule has 2 aromatic rings. The summed E-state index contributed by atoms with van der Waals surface area (Å²) in [5, 5.41) is 11.2. The Morgan fingerprint density at radius 2 is 2.30 bits per heavy atom. The van der Waals surface area contributed by atoms with Crippen molar-refractivity contribution in [3.63, 3.8) is 0 Å². The van der Waals surface area contributed by atoms with E-state index in [9.17, 15) is 4.79 Å². The van der Waals surface area contributed by atoms with Crippen LogP contribution in [-0.2, 0) is 0 Å². The van der Waals surface area contributed by atoms with E-state index in [1.807, 2.05) is 0 Å². The summed E-state index contributed by atoms with van der Waals surface area (Å²) < 4.78 is 10.7. The zero-order valence-corrected chi connectivity index (χ0v) is 11.3. The van der Waals surface area contributed by atoms with Gasteiger partial charge in [0, 0.05) is 6.20 Å². The number of rotatable bonds is 5. The summed E-state index contributed by atoms with van der Waals surface area (Å²) >= 11 is 5.69. The van der Waals surface area contributed by atoms with E-state index in [0.717, 1.165) is 0 Å². The molecule has 2 rings (SSSR count). The fourth-order valence-electron chi connectivity index (χ4n) is 1.42. The minimum Gasteiger partial charge on any atom is -0.465 e. The van der Waals surface area contributed by atoms with Crippen molar-refractivity contribution in [1.82, 2.24) is 15.3 Å². The Morgan fingerprint density at radius 1 is 1.50 bits per heavy atom. The van der Waals surface area contributed by atoms with Crippen LogP contribution >= 0.6 is 11.6 Å². The third kappa shape index (κ3) is 3.86. The third-order valence-electron chi connectivity index (χ3n) is 2.30. The molecule has 7 nitrogen and oxygen atoms in total. The number of oxazole rings is 1. The molecule has 1 unspecified atom stereocenters. The molecule has 0 aliphatic carbocycles. The monoisotopic (exact) mass is 297 g/mol. The normalized spacial score (nSPS) is 11.9. The number of carbonyl (C=O) groups is 1. The second-order valence-corrected chi connectivity index (χ2v) is 4.40. The summed E-state index contributed by atoms with van der Waals surface area (Å²) in [6.07, 6.45) is 1.84. The molecule has 2 heterocycles. The molecule has 0 spiro atoms. The van der Waals surface area contributed by atoms with Crippen LogP contribution in [0.1, 0.15) is 6.92 Å². The van der Waals surface area contributed by atoms with Gasteiger partial charge in [-0.25, -0.2) is 14.8 Å². The van der Waals surface area contributed by atoms with Gasteiger partial charge in [-0.3, -0.25) is 0 Å². The first-order valence-corrected chi connectivity index (χ1v) is 6.12. The summed E-state index contributed by atoms with van der Waals surface area (Å²) in [5.74, 6) is 0.553. The van der Waals surface area contributed by atoms with Crippen LogP contribution in [0.3, 0.4) is 0 Å². The van der Waals surface area contributed by atoms with E-state index in [4.69, 9.17) is 25.9 Å². The van der Waals surface area contributed by atoms with Gasteiger partial charge in [0.05, 0.1) is 11.6 Å². The number of amides is 1. The Hall–Kier alpha value is -2.28. The van der Waals surface area contributed by atoms with E-state index in [0.29, 0.717) is 16.6 Å². The molecule has 8 heteroatoms. The van der Waals surface area contributed by atoms with Crippen LogP contribution in [0, 0.1) is 0 Å². The first-order chi connectivity index (χ1) is 9.54. The Kier molecular flexibility index (Phi) is 4.41. The summed E-state index contributed by atoms with van der Waals surface area (Å²) in [6.45, 7) is 1.81. The second kappa shape index (κ2) is 6.25. The van der Waals surface area contributed by atoms with E-state index < -0.39 is 6.09 Å². The van der Waals surface area contributed by atoms with Gasteiger partial charge < -0.3 is 19.6 Å². The van der Waals surface area contributed by atoms with Gasteiger partial charge in [-0.15, -0.1) is 0 Å². The fourth-order valence-corrected chi connectivity index (χ4v) is 1.53. The second-order valence-electron chi connectivity index (χ2n) is 4.02. The molecular formula is C12H12ClN3O4. The molecule has 2 N–H and O–H groups in total. The highest BCUT2D eigenvalue weighted by molar-refractivity contribution is 6.29. The topological polar surface area (TPSA) is 97.5 Å². The molecule has 2 aromatic heterocycles. The molecule has 0 saturated heterocycles. The predicted octanol–water partition coefficient (Wildman–Crippen LogP) is 2.42. The Labute approximate surface area is 119 Å². The van der Waals surface area contributed by atoms with Crippen LogP contribution in [0.4, 0.5) is 4.79 Å². The van der Waals surface area contributed by atoms with E-state index in [2.05, 4.69) is 15.3 Å². The molecule has 0 bridgehead atoms. The number of carboxylic acid groups (broad SMARTS) is 1. The lowest BCUT2D eigenvalue weighted by Gasteiger charge is -2.10. The first-order valence-electron chi connectivity index (χ1n) is 5.74. The Bertz CT molecular complexity index is 585. The number of halogens is 1. The molecule has 0 fully saturated rings. The van der Waals surface area contributed by atoms with Gasteiger partial charge in [-0.2, -0.15) is 0 Å². The minimum atomic E-state index is -1.11. The lowest BCUT2D eigenvalue weighted by atomic mass is 10.3. The van der Waals surface area contributed by atoms with Crippen LogP contribution in [0.5, 0.6) is 5.95 Å². The first kappa shape index (κ1) is 14.1. The SMILES string of the molecule is CC(COc1cnc(-c2ccc(Cl)nc2)o1)NC(=O)O. The van der Waals surface area contributed by atoms with Crippen LogP contribution in [0.15, 0.2) is 28.9 Å². The number of nitrogens with one attached hydrogen (secondary N) is 1. The highest BCUT2D eigenvalue weighted by Gasteiger charge is 2.10. The lowest BCUT2D eigenvalue weighted by molar-refractivity contribution is 0.176. The average molecular weight is 298 g/mol. The molecule has 1 amide bonds. The molecular weight excluding hydrogens is 286 g/mol. The summed E-state index contributed by atoms with van der Waals surface area (Å²) in [7, 11) is 0. The van der Waals surface area contributed by atoms with Gasteiger partial charge in [0.15, 0.2) is 0 Å². The summed E-state index contributed by atoms with van der Waals surface area (Å²) in [4.78, 5) is 18.4. The van der Waals surface area contributed by atoms with Crippen molar-refractivity contribution in [2.45, 2.75) is 13.0 Å². The molecule has 0 aliphatic rings. The van der Waals surface area contributed by atoms with Crippen molar-refractivity contribution in [2.75, 3.05) is 6.61 Å². The van der Waals surface area contributed by atoms with E-state index in [-0.39, 0.29) is 18.6 Å². The zero-order valence-electron chi connectivity index (χ0n) is 10.5. The van der Waals surface area contributed by atoms with E-state index >= 15 is 0 Å². The fraction of sp³-hybridized carbons (Fsp3) is 0.250. The van der Waals surface area contributed by atoms with Gasteiger partial charge in [0.1, 0.15) is 18.0 Å². The maximum atomic E-state index is 10.4. The number of hydrogen-bond donors (Lipinski definition) is 2. The van der Waals surface area contributed by atoms with Crippen LogP contribution < -0.4 is 10.1 Å². The highest BCUT2D eigenvalue weighted by Crippen LogP contribution is 2.23. The Balaban J connectivity index is 1.95. The molecule has 106 valence electrons. The predicted molar refractivity (Wildman–Crippen MR) is 70.9 cm³/mol. The zero-order chi connectivity index (χ0) is 14.5. The quantitative estimate of drug-likeness (QED) is 0.823. The number of aromatic nitrogens is 2. The maximum Gasteiger partial charge on any atom is 0.404 e. The standard InChI is InChI=1S/C12H12ClN3O4/c1-7(16-12(17)18)6-19-10-5-15-11(20-10)8-2-3-9(13)14-4-8/h2-5,7,16H,6H2,1H3,(H,17,18). The van der Waals surface area contributed by atoms with Crippen LogP contribution in [-0.4, -0.2) is 33.8 Å². The van der Waals surface area contributed by atoms with Gasteiger partial charge >= 0.3 is 12.0 Å². The average Bonchev–Trinajstić information content (AvgIpc) is 2.85. The van der Waals surface area contributed by atoms with E-state index in [1.165, 1.54) is 12.4 Å². The molecule has 0 saturated carbocycles. The van der Waals surface area contributed by atoms with Gasteiger partial charge in [-0.1, -0.05) is 11.6 Å². The summed E-state index contributed by atoms with van der Waals surface area (Å²) in [6, 6.07) is 2.98. The molecule has 1 atom stereocenters. The number of hydrogen-bond acceptors (Lipinski definition) is 5. The minimum absolute atomic E-state index is 0.139. The van der Waals surface area contributed by atoms with Gasteiger partial charge in [0.25, 0.3) is 0 Å². The van der Waals surface area contributed by atoms with Gasteiger partial charge in [-0.05, 0) is 19.1 Å². The van der Waals surface area contributed by atoms with Gasteiger partial charge in [0.2, 0.25) is 5.89 Å². The molecule has 0 aromatic carbocycles. The van der Waals surface area contributed by atoms with E-state index in [1.54, 1.807) is 19.1 Å². The van der Waals surface area contributed by atoms with Crippen molar-refractivity contribution in [3.8, 4) is 17.4 Å². The molecule has 0 aliphatic heterocycles. The largest absolute Gasteiger partial charge is 0.465 e. The van der Waals surface area contributed by atoms with Crippen molar-refractivity contribution in [3.05, 3.63) is 29.7 Å². The highest BCUT2D eigenvalue weighted by atomic mass is 35.5. The lowest BCUT2D eigenvalue weighted by Crippen LogP contribution is -2.35. The maximum absolute atomic E-state index is 10.4. The van der Waals surface area contributed by atoms with Crippen LogP contribution in [0.2, 0.25) is 5.15 Å².